The molecule has 12 nitrogen and oxygen atoms in total. The fraction of sp³-hybridized carbons (Fsp3) is 0.556. The highest BCUT2D eigenvalue weighted by Crippen LogP contribution is 2.18. The minimum Gasteiger partial charge on any atom is -0.348 e. The second-order valence-electron chi connectivity index (χ2n) is 10.0. The normalized spacial score (nSPS) is 14.0. The van der Waals surface area contributed by atoms with Crippen molar-refractivity contribution in [1.82, 2.24) is 21.3 Å². The fourth-order valence-corrected chi connectivity index (χ4v) is 3.85. The number of nitrogens with zero attached hydrogens (tertiary/aromatic N) is 1. The van der Waals surface area contributed by atoms with Gasteiger partial charge in [-0.1, -0.05) is 45.9 Å². The average Bonchev–Trinajstić information content (AvgIpc) is 2.89. The Morgan fingerprint density at radius 2 is 1.49 bits per heavy atom. The average molecular weight is 547 g/mol. The van der Waals surface area contributed by atoms with E-state index in [9.17, 15) is 28.8 Å². The quantitative estimate of drug-likeness (QED) is 0.190. The Morgan fingerprint density at radius 1 is 0.872 bits per heavy atom. The number of amides is 5. The van der Waals surface area contributed by atoms with Crippen LogP contribution in [-0.4, -0.2) is 73.1 Å². The smallest absolute Gasteiger partial charge is 0.250 e. The predicted molar refractivity (Wildman–Crippen MR) is 147 cm³/mol. The van der Waals surface area contributed by atoms with E-state index in [1.165, 1.54) is 18.7 Å². The van der Waals surface area contributed by atoms with Crippen LogP contribution < -0.4 is 31.9 Å². The van der Waals surface area contributed by atoms with Crippen LogP contribution in [0.25, 0.3) is 0 Å². The van der Waals surface area contributed by atoms with Gasteiger partial charge in [-0.2, -0.15) is 0 Å². The summed E-state index contributed by atoms with van der Waals surface area (Å²) in [6.45, 7) is 9.79. The molecule has 1 rings (SSSR count). The van der Waals surface area contributed by atoms with Crippen molar-refractivity contribution in [2.24, 2.45) is 17.6 Å². The van der Waals surface area contributed by atoms with Crippen molar-refractivity contribution in [2.45, 2.75) is 72.1 Å². The molecular weight excluding hydrogens is 504 g/mol. The van der Waals surface area contributed by atoms with Gasteiger partial charge in [-0.25, -0.2) is 0 Å². The van der Waals surface area contributed by atoms with Gasteiger partial charge in [0, 0.05) is 5.69 Å². The van der Waals surface area contributed by atoms with Crippen molar-refractivity contribution >= 4 is 41.5 Å². The van der Waals surface area contributed by atoms with E-state index in [2.05, 4.69) is 21.3 Å². The molecule has 5 amide bonds. The van der Waals surface area contributed by atoms with Crippen LogP contribution >= 0.6 is 0 Å². The van der Waals surface area contributed by atoms with Crippen LogP contribution in [0.1, 0.15) is 48.0 Å². The van der Waals surface area contributed by atoms with Gasteiger partial charge in [-0.15, -0.1) is 0 Å². The molecule has 0 aromatic heterocycles. The number of hydrogen-bond acceptors (Lipinski definition) is 7. The molecule has 1 aromatic rings. The number of benzene rings is 1. The van der Waals surface area contributed by atoms with E-state index in [1.54, 1.807) is 44.2 Å². The van der Waals surface area contributed by atoms with Gasteiger partial charge in [0.2, 0.25) is 29.5 Å². The summed E-state index contributed by atoms with van der Waals surface area (Å²) in [5.74, 6) is -2.98. The van der Waals surface area contributed by atoms with Gasteiger partial charge in [0.25, 0.3) is 0 Å². The lowest BCUT2D eigenvalue weighted by atomic mass is 9.99. The van der Waals surface area contributed by atoms with Crippen LogP contribution in [0.3, 0.4) is 0 Å². The summed E-state index contributed by atoms with van der Waals surface area (Å²) in [5, 5.41) is 10.4. The van der Waals surface area contributed by atoms with Gasteiger partial charge >= 0.3 is 0 Å². The van der Waals surface area contributed by atoms with Crippen LogP contribution in [0.15, 0.2) is 30.3 Å². The molecule has 0 aliphatic rings. The minimum atomic E-state index is -1.07. The zero-order valence-corrected chi connectivity index (χ0v) is 23.5. The maximum atomic E-state index is 13.5. The molecule has 0 bridgehead atoms. The third kappa shape index (κ3) is 10.5. The summed E-state index contributed by atoms with van der Waals surface area (Å²) >= 11 is 0. The number of carbonyl (C=O) groups excluding carboxylic acids is 6. The first-order valence-electron chi connectivity index (χ1n) is 13.0. The van der Waals surface area contributed by atoms with Gasteiger partial charge in [0.15, 0.2) is 0 Å². The highest BCUT2D eigenvalue weighted by atomic mass is 16.2. The fourth-order valence-electron chi connectivity index (χ4n) is 3.85. The van der Waals surface area contributed by atoms with E-state index in [-0.39, 0.29) is 31.3 Å². The zero-order chi connectivity index (χ0) is 29.7. The first kappa shape index (κ1) is 33.2. The molecule has 0 aliphatic carbocycles. The van der Waals surface area contributed by atoms with Crippen LogP contribution in [0.5, 0.6) is 0 Å². The second kappa shape index (κ2) is 16.2. The third-order valence-corrected chi connectivity index (χ3v) is 5.92. The first-order valence-corrected chi connectivity index (χ1v) is 13.0. The summed E-state index contributed by atoms with van der Waals surface area (Å²) in [5.41, 5.74) is 5.80. The Morgan fingerprint density at radius 3 is 2.00 bits per heavy atom. The Hall–Kier alpha value is -3.80. The van der Waals surface area contributed by atoms with Gasteiger partial charge < -0.3 is 31.8 Å². The number of carbonyl (C=O) groups is 6. The maximum Gasteiger partial charge on any atom is 0.250 e. The molecule has 0 aliphatic heterocycles. The largest absolute Gasteiger partial charge is 0.348 e. The molecule has 0 fully saturated rings. The van der Waals surface area contributed by atoms with Crippen LogP contribution in [0.2, 0.25) is 0 Å². The number of hydrogen-bond donors (Lipinski definition) is 5. The van der Waals surface area contributed by atoms with Gasteiger partial charge in [-0.3, -0.25) is 28.9 Å². The molecule has 0 saturated heterocycles. The number of nitrogens with two attached hydrogens (primary N) is 1. The molecule has 216 valence electrons. The summed E-state index contributed by atoms with van der Waals surface area (Å²) in [6.07, 6.45) is 0.817. The van der Waals surface area contributed by atoms with E-state index in [1.807, 2.05) is 13.8 Å². The lowest BCUT2D eigenvalue weighted by molar-refractivity contribution is -0.134. The monoisotopic (exact) mass is 546 g/mol. The number of para-hydroxylation sites is 1. The summed E-state index contributed by atoms with van der Waals surface area (Å²) in [4.78, 5) is 76.2. The number of aldehydes is 1. The van der Waals surface area contributed by atoms with Crippen molar-refractivity contribution in [2.75, 3.05) is 18.0 Å². The standard InChI is InChI=1S/C27H42N6O6/c1-16(2)14-21(31-26(38)23(17(3)4)32-22(35)15-28)25(37)30-18(5)27(39)33(20-10-8-7-9-11-20)19(6)24(36)29-12-13-34/h7-11,13,16-19,21,23H,12,14-15,28H2,1-6H3,(H,29,36)(H,30,37)(H,31,38)(H,32,35). The highest BCUT2D eigenvalue weighted by molar-refractivity contribution is 6.04. The van der Waals surface area contributed by atoms with E-state index < -0.39 is 53.7 Å². The van der Waals surface area contributed by atoms with E-state index in [0.717, 1.165) is 0 Å². The van der Waals surface area contributed by atoms with E-state index in [4.69, 9.17) is 5.73 Å². The van der Waals surface area contributed by atoms with Crippen molar-refractivity contribution in [1.29, 1.82) is 0 Å². The van der Waals surface area contributed by atoms with Crippen LogP contribution in [0.4, 0.5) is 5.69 Å². The molecule has 1 aromatic carbocycles. The Balaban J connectivity index is 3.14. The lowest BCUT2D eigenvalue weighted by Gasteiger charge is -2.32. The number of rotatable bonds is 15. The zero-order valence-electron chi connectivity index (χ0n) is 23.5. The first-order chi connectivity index (χ1) is 18.3. The molecule has 4 unspecified atom stereocenters. The van der Waals surface area contributed by atoms with Crippen molar-refractivity contribution in [3.8, 4) is 0 Å². The summed E-state index contributed by atoms with van der Waals surface area (Å²) < 4.78 is 0. The summed E-state index contributed by atoms with van der Waals surface area (Å²) in [6, 6.07) is 4.54. The molecule has 0 radical (unpaired) electrons. The molecule has 12 heteroatoms. The van der Waals surface area contributed by atoms with Gasteiger partial charge in [0.1, 0.15) is 30.5 Å². The second-order valence-corrected chi connectivity index (χ2v) is 10.0. The molecule has 4 atom stereocenters. The van der Waals surface area contributed by atoms with E-state index >= 15 is 0 Å². The topological polar surface area (TPSA) is 180 Å². The Kier molecular flexibility index (Phi) is 13.8. The van der Waals surface area contributed by atoms with Gasteiger partial charge in [0.05, 0.1) is 13.1 Å². The Labute approximate surface area is 229 Å². The maximum absolute atomic E-state index is 13.5. The van der Waals surface area contributed by atoms with Crippen molar-refractivity contribution < 1.29 is 28.8 Å². The molecule has 0 spiro atoms. The predicted octanol–water partition coefficient (Wildman–Crippen LogP) is -0.142. The molecule has 0 saturated carbocycles. The van der Waals surface area contributed by atoms with Crippen LogP contribution in [-0.2, 0) is 28.8 Å². The van der Waals surface area contributed by atoms with Crippen LogP contribution in [0, 0.1) is 11.8 Å². The SMILES string of the molecule is CC(C)CC(NC(=O)C(NC(=O)CN)C(C)C)C(=O)NC(C)C(=O)N(c1ccccc1)C(C)C(=O)NCC=O. The number of anilines is 1. The number of nitrogens with one attached hydrogen (secondary N) is 4. The van der Waals surface area contributed by atoms with Crippen molar-refractivity contribution in [3.05, 3.63) is 30.3 Å². The summed E-state index contributed by atoms with van der Waals surface area (Å²) in [7, 11) is 0. The lowest BCUT2D eigenvalue weighted by Crippen LogP contribution is -2.59. The molecule has 39 heavy (non-hydrogen) atoms. The molecule has 6 N–H and O–H groups in total. The van der Waals surface area contributed by atoms with E-state index in [0.29, 0.717) is 12.0 Å². The highest BCUT2D eigenvalue weighted by Gasteiger charge is 2.34. The van der Waals surface area contributed by atoms with Gasteiger partial charge in [-0.05, 0) is 44.2 Å². The molecular formula is C27H42N6O6. The van der Waals surface area contributed by atoms with Crippen molar-refractivity contribution in [3.63, 3.8) is 0 Å². The Bertz CT molecular complexity index is 1000. The third-order valence-electron chi connectivity index (χ3n) is 5.92. The minimum absolute atomic E-state index is 0.0190. The molecule has 0 heterocycles.